The molecule has 1 aromatic carbocycles. The van der Waals surface area contributed by atoms with Crippen LogP contribution < -0.4 is 15.4 Å². The number of carbonyl (C=O) groups excluding carboxylic acids is 2. The van der Waals surface area contributed by atoms with Gasteiger partial charge in [-0.05, 0) is 43.0 Å². The molecule has 1 saturated heterocycles. The van der Waals surface area contributed by atoms with Gasteiger partial charge in [-0.25, -0.2) is 9.37 Å². The molecule has 30 heavy (non-hydrogen) atoms. The van der Waals surface area contributed by atoms with Gasteiger partial charge in [0.2, 0.25) is 11.8 Å². The van der Waals surface area contributed by atoms with Gasteiger partial charge in [0.05, 0.1) is 7.11 Å². The molecule has 1 fully saturated rings. The SMILES string of the molecule is COc1ccc(F)c(C[C@@]2(CCC(=O)NCCSc3nccn3C)CCC(=O)N2)c1. The highest BCUT2D eigenvalue weighted by molar-refractivity contribution is 7.99. The Labute approximate surface area is 179 Å². The van der Waals surface area contributed by atoms with Gasteiger partial charge in [-0.1, -0.05) is 11.8 Å². The summed E-state index contributed by atoms with van der Waals surface area (Å²) < 4.78 is 21.4. The van der Waals surface area contributed by atoms with Crippen LogP contribution in [0.5, 0.6) is 5.75 Å². The lowest BCUT2D eigenvalue weighted by Crippen LogP contribution is -2.44. The summed E-state index contributed by atoms with van der Waals surface area (Å²) in [5.74, 6) is 0.793. The highest BCUT2D eigenvalue weighted by Gasteiger charge is 2.38. The molecule has 2 heterocycles. The van der Waals surface area contributed by atoms with E-state index < -0.39 is 5.54 Å². The molecule has 2 N–H and O–H groups in total. The number of thioether (sulfide) groups is 1. The Morgan fingerprint density at radius 2 is 2.30 bits per heavy atom. The molecule has 1 aromatic heterocycles. The van der Waals surface area contributed by atoms with Crippen molar-refractivity contribution in [2.45, 2.75) is 42.8 Å². The quantitative estimate of drug-likeness (QED) is 0.443. The summed E-state index contributed by atoms with van der Waals surface area (Å²) in [6, 6.07) is 4.58. The predicted octanol–water partition coefficient (Wildman–Crippen LogP) is 2.45. The third kappa shape index (κ3) is 5.75. The van der Waals surface area contributed by atoms with Crippen molar-refractivity contribution < 1.29 is 18.7 Å². The first-order chi connectivity index (χ1) is 14.4. The second-order valence-electron chi connectivity index (χ2n) is 7.48. The van der Waals surface area contributed by atoms with E-state index in [2.05, 4.69) is 15.6 Å². The summed E-state index contributed by atoms with van der Waals surface area (Å²) in [6.07, 6.45) is 5.61. The zero-order valence-corrected chi connectivity index (χ0v) is 18.1. The maximum absolute atomic E-state index is 14.3. The van der Waals surface area contributed by atoms with Crippen molar-refractivity contribution in [3.8, 4) is 5.75 Å². The number of carbonyl (C=O) groups is 2. The molecule has 3 rings (SSSR count). The van der Waals surface area contributed by atoms with E-state index in [0.29, 0.717) is 49.3 Å². The Bertz CT molecular complexity index is 904. The van der Waals surface area contributed by atoms with Crippen molar-refractivity contribution in [1.82, 2.24) is 20.2 Å². The molecule has 162 valence electrons. The largest absolute Gasteiger partial charge is 0.497 e. The van der Waals surface area contributed by atoms with Crippen LogP contribution in [0, 0.1) is 5.82 Å². The number of rotatable bonds is 10. The Kier molecular flexibility index (Phi) is 7.36. The summed E-state index contributed by atoms with van der Waals surface area (Å²) in [4.78, 5) is 28.5. The van der Waals surface area contributed by atoms with Crippen LogP contribution in [-0.2, 0) is 23.1 Å². The molecule has 2 aromatic rings. The minimum atomic E-state index is -0.622. The number of nitrogens with zero attached hydrogens (tertiary/aromatic N) is 2. The number of aryl methyl sites for hydroxylation is 1. The van der Waals surface area contributed by atoms with Gasteiger partial charge in [0.25, 0.3) is 0 Å². The second-order valence-corrected chi connectivity index (χ2v) is 8.54. The van der Waals surface area contributed by atoms with E-state index >= 15 is 0 Å². The number of aromatic nitrogens is 2. The van der Waals surface area contributed by atoms with E-state index in [1.54, 1.807) is 30.1 Å². The molecule has 0 radical (unpaired) electrons. The first-order valence-electron chi connectivity index (χ1n) is 9.91. The molecule has 0 spiro atoms. The topological polar surface area (TPSA) is 85.2 Å². The van der Waals surface area contributed by atoms with Crippen molar-refractivity contribution in [3.05, 3.63) is 42.0 Å². The monoisotopic (exact) mass is 434 g/mol. The van der Waals surface area contributed by atoms with Crippen LogP contribution >= 0.6 is 11.8 Å². The van der Waals surface area contributed by atoms with Gasteiger partial charge >= 0.3 is 0 Å². The van der Waals surface area contributed by atoms with E-state index in [0.717, 1.165) is 5.16 Å². The summed E-state index contributed by atoms with van der Waals surface area (Å²) in [5.41, 5.74) is -0.146. The van der Waals surface area contributed by atoms with Crippen molar-refractivity contribution >= 4 is 23.6 Å². The predicted molar refractivity (Wildman–Crippen MR) is 113 cm³/mol. The smallest absolute Gasteiger partial charge is 0.220 e. The van der Waals surface area contributed by atoms with Crippen LogP contribution in [0.25, 0.3) is 0 Å². The minimum absolute atomic E-state index is 0.0646. The van der Waals surface area contributed by atoms with Crippen molar-refractivity contribution in [1.29, 1.82) is 0 Å². The Morgan fingerprint density at radius 1 is 1.47 bits per heavy atom. The maximum Gasteiger partial charge on any atom is 0.220 e. The number of methoxy groups -OCH3 is 1. The summed E-state index contributed by atoms with van der Waals surface area (Å²) in [5, 5.41) is 6.79. The van der Waals surface area contributed by atoms with E-state index in [-0.39, 0.29) is 24.1 Å². The van der Waals surface area contributed by atoms with Gasteiger partial charge in [0, 0.05) is 50.1 Å². The van der Waals surface area contributed by atoms with Crippen molar-refractivity contribution in [3.63, 3.8) is 0 Å². The molecule has 0 unspecified atom stereocenters. The number of hydrogen-bond acceptors (Lipinski definition) is 5. The van der Waals surface area contributed by atoms with Crippen LogP contribution in [0.4, 0.5) is 4.39 Å². The fourth-order valence-electron chi connectivity index (χ4n) is 3.63. The highest BCUT2D eigenvalue weighted by Crippen LogP contribution is 2.31. The lowest BCUT2D eigenvalue weighted by molar-refractivity contribution is -0.122. The molecular formula is C21H27FN4O3S. The normalized spacial score (nSPS) is 18.3. The lowest BCUT2D eigenvalue weighted by atomic mass is 9.84. The fraction of sp³-hybridized carbons (Fsp3) is 0.476. The minimum Gasteiger partial charge on any atom is -0.497 e. The number of benzene rings is 1. The van der Waals surface area contributed by atoms with Crippen LogP contribution in [0.15, 0.2) is 35.7 Å². The molecule has 1 aliphatic heterocycles. The lowest BCUT2D eigenvalue weighted by Gasteiger charge is -2.29. The van der Waals surface area contributed by atoms with Crippen molar-refractivity contribution in [2.24, 2.45) is 7.05 Å². The third-order valence-electron chi connectivity index (χ3n) is 5.28. The molecule has 2 amide bonds. The van der Waals surface area contributed by atoms with E-state index in [1.165, 1.54) is 13.2 Å². The number of imidazole rings is 1. The standard InChI is InChI=1S/C21H27FN4O3S/c1-26-11-9-24-20(26)30-12-10-23-18(27)5-7-21(8-6-19(28)25-21)14-15-13-16(29-2)3-4-17(15)22/h3-4,9,11,13H,5-8,10,12,14H2,1-2H3,(H,23,27)(H,25,28)/t21-/m1/s1. The number of ether oxygens (including phenoxy) is 1. The Hall–Kier alpha value is -2.55. The van der Waals surface area contributed by atoms with Crippen LogP contribution in [0.3, 0.4) is 0 Å². The average molecular weight is 435 g/mol. The first-order valence-corrected chi connectivity index (χ1v) is 10.9. The molecule has 1 atom stereocenters. The molecule has 1 aliphatic rings. The molecule has 7 nitrogen and oxygen atoms in total. The maximum atomic E-state index is 14.3. The zero-order chi connectivity index (χ0) is 21.6. The van der Waals surface area contributed by atoms with Gasteiger partial charge in [0.15, 0.2) is 5.16 Å². The van der Waals surface area contributed by atoms with Gasteiger partial charge in [-0.2, -0.15) is 0 Å². The second kappa shape index (κ2) is 9.97. The molecule has 9 heteroatoms. The summed E-state index contributed by atoms with van der Waals surface area (Å²) in [6.45, 7) is 0.528. The molecule has 0 aliphatic carbocycles. The highest BCUT2D eigenvalue weighted by atomic mass is 32.2. The van der Waals surface area contributed by atoms with Gasteiger partial charge < -0.3 is 19.9 Å². The third-order valence-corrected chi connectivity index (χ3v) is 6.34. The summed E-state index contributed by atoms with van der Waals surface area (Å²) in [7, 11) is 3.45. The Morgan fingerprint density at radius 3 is 2.97 bits per heavy atom. The van der Waals surface area contributed by atoms with Gasteiger partial charge in [-0.15, -0.1) is 0 Å². The number of nitrogens with one attached hydrogen (secondary N) is 2. The van der Waals surface area contributed by atoms with Crippen molar-refractivity contribution in [2.75, 3.05) is 19.4 Å². The van der Waals surface area contributed by atoms with Crippen LogP contribution in [-0.4, -0.2) is 46.3 Å². The molecule has 0 saturated carbocycles. The molecular weight excluding hydrogens is 407 g/mol. The van der Waals surface area contributed by atoms with E-state index in [9.17, 15) is 14.0 Å². The van der Waals surface area contributed by atoms with E-state index in [1.807, 2.05) is 17.8 Å². The zero-order valence-electron chi connectivity index (χ0n) is 17.2. The Balaban J connectivity index is 1.53. The first kappa shape index (κ1) is 22.1. The number of hydrogen-bond donors (Lipinski definition) is 2. The summed E-state index contributed by atoms with van der Waals surface area (Å²) >= 11 is 1.57. The van der Waals surface area contributed by atoms with Crippen LogP contribution in [0.1, 0.15) is 31.2 Å². The van der Waals surface area contributed by atoms with Crippen LogP contribution in [0.2, 0.25) is 0 Å². The number of amides is 2. The average Bonchev–Trinajstić information content (AvgIpc) is 3.31. The van der Waals surface area contributed by atoms with E-state index in [4.69, 9.17) is 4.74 Å². The fourth-order valence-corrected chi connectivity index (χ4v) is 4.41. The number of halogens is 1. The van der Waals surface area contributed by atoms with Gasteiger partial charge in [0.1, 0.15) is 11.6 Å². The molecule has 0 bridgehead atoms. The van der Waals surface area contributed by atoms with Gasteiger partial charge in [-0.3, -0.25) is 9.59 Å².